The quantitative estimate of drug-likeness (QED) is 0.669. The van der Waals surface area contributed by atoms with Crippen molar-refractivity contribution in [2.45, 2.75) is 0 Å². The molecule has 0 spiro atoms. The molecule has 3 N–H and O–H groups in total. The number of aromatic nitrogens is 2. The Labute approximate surface area is 121 Å². The molecule has 0 atom stereocenters. The molecule has 0 radical (unpaired) electrons. The normalized spacial score (nSPS) is 10.8. The van der Waals surface area contributed by atoms with Gasteiger partial charge in [0.2, 0.25) is 0 Å². The molecule has 3 rings (SSSR count). The maximum atomic E-state index is 12.5. The van der Waals surface area contributed by atoms with E-state index in [1.165, 1.54) is 0 Å². The minimum atomic E-state index is -0.487. The van der Waals surface area contributed by atoms with Crippen molar-refractivity contribution >= 4 is 32.5 Å². The fourth-order valence-electron chi connectivity index (χ4n) is 2.09. The Bertz CT molecular complexity index is 928. The van der Waals surface area contributed by atoms with Gasteiger partial charge in [0, 0.05) is 10.2 Å². The van der Waals surface area contributed by atoms with E-state index < -0.39 is 5.69 Å². The van der Waals surface area contributed by atoms with Crippen molar-refractivity contribution in [2.24, 2.45) is 0 Å². The van der Waals surface area contributed by atoms with Gasteiger partial charge in [-0.25, -0.2) is 9.36 Å². The highest BCUT2D eigenvalue weighted by atomic mass is 79.9. The molecule has 0 aliphatic heterocycles. The number of para-hydroxylation sites is 1. The minimum Gasteiger partial charge on any atom is -0.399 e. The number of H-pyrrole nitrogens is 1. The Morgan fingerprint density at radius 2 is 1.85 bits per heavy atom. The molecule has 0 bridgehead atoms. The third kappa shape index (κ3) is 1.94. The van der Waals surface area contributed by atoms with Crippen molar-refractivity contribution in [1.82, 2.24) is 9.55 Å². The van der Waals surface area contributed by atoms with Crippen LogP contribution in [0.3, 0.4) is 0 Å². The summed E-state index contributed by atoms with van der Waals surface area (Å²) < 4.78 is 1.67. The van der Waals surface area contributed by atoms with Gasteiger partial charge in [-0.2, -0.15) is 0 Å². The topological polar surface area (TPSA) is 80.9 Å². The average molecular weight is 332 g/mol. The second kappa shape index (κ2) is 4.64. The molecule has 2 aromatic carbocycles. The van der Waals surface area contributed by atoms with Gasteiger partial charge in [-0.15, -0.1) is 0 Å². The first-order valence-electron chi connectivity index (χ1n) is 5.87. The molecule has 20 heavy (non-hydrogen) atoms. The fourth-order valence-corrected chi connectivity index (χ4v) is 2.66. The first-order valence-corrected chi connectivity index (χ1v) is 6.67. The molecule has 0 saturated heterocycles. The molecule has 6 heteroatoms. The average Bonchev–Trinajstić information content (AvgIpc) is 2.41. The molecule has 5 nitrogen and oxygen atoms in total. The predicted molar refractivity (Wildman–Crippen MR) is 82.3 cm³/mol. The Balaban J connectivity index is 2.43. The van der Waals surface area contributed by atoms with Gasteiger partial charge in [0.25, 0.3) is 5.56 Å². The summed E-state index contributed by atoms with van der Waals surface area (Å²) in [5.74, 6) is 0. The lowest BCUT2D eigenvalue weighted by molar-refractivity contribution is 0.897. The first kappa shape index (κ1) is 12.7. The highest BCUT2D eigenvalue weighted by molar-refractivity contribution is 9.10. The van der Waals surface area contributed by atoms with Gasteiger partial charge in [0.15, 0.2) is 0 Å². The standard InChI is InChI=1S/C14H10BrN3O2/c15-10-7-8(16)5-6-12(10)18-13(19)9-3-1-2-4-11(9)17-14(18)20/h1-7H,16H2,(H,17,20). The molecule has 0 saturated carbocycles. The molecule has 100 valence electrons. The summed E-state index contributed by atoms with van der Waals surface area (Å²) in [7, 11) is 0. The molecule has 1 aromatic heterocycles. The number of fused-ring (bicyclic) bond motifs is 1. The van der Waals surface area contributed by atoms with E-state index in [4.69, 9.17) is 5.73 Å². The zero-order valence-electron chi connectivity index (χ0n) is 10.3. The lowest BCUT2D eigenvalue weighted by Crippen LogP contribution is -2.33. The van der Waals surface area contributed by atoms with Gasteiger partial charge in [0.1, 0.15) is 0 Å². The monoisotopic (exact) mass is 331 g/mol. The van der Waals surface area contributed by atoms with Crippen molar-refractivity contribution in [3.8, 4) is 5.69 Å². The number of nitrogen functional groups attached to an aromatic ring is 1. The van der Waals surface area contributed by atoms with Crippen LogP contribution in [-0.4, -0.2) is 9.55 Å². The van der Waals surface area contributed by atoms with Crippen molar-refractivity contribution in [3.63, 3.8) is 0 Å². The van der Waals surface area contributed by atoms with E-state index >= 15 is 0 Å². The maximum absolute atomic E-state index is 12.5. The van der Waals surface area contributed by atoms with Crippen molar-refractivity contribution in [1.29, 1.82) is 0 Å². The SMILES string of the molecule is Nc1ccc(-n2c(=O)[nH]c3ccccc3c2=O)c(Br)c1. The number of nitrogens with one attached hydrogen (secondary N) is 1. The molecule has 1 heterocycles. The van der Waals surface area contributed by atoms with Crippen LogP contribution in [0.5, 0.6) is 0 Å². The largest absolute Gasteiger partial charge is 0.399 e. The number of hydrogen-bond donors (Lipinski definition) is 2. The van der Waals surface area contributed by atoms with Crippen molar-refractivity contribution in [2.75, 3.05) is 5.73 Å². The molecule has 0 fully saturated rings. The van der Waals surface area contributed by atoms with E-state index in [-0.39, 0.29) is 5.56 Å². The van der Waals surface area contributed by atoms with Crippen LogP contribution in [0, 0.1) is 0 Å². The van der Waals surface area contributed by atoms with E-state index in [9.17, 15) is 9.59 Å². The third-order valence-corrected chi connectivity index (χ3v) is 3.65. The van der Waals surface area contributed by atoms with Crippen LogP contribution in [0.1, 0.15) is 0 Å². The summed E-state index contributed by atoms with van der Waals surface area (Å²) in [5, 5.41) is 0.454. The second-order valence-corrected chi connectivity index (χ2v) is 5.18. The first-order chi connectivity index (χ1) is 9.58. The number of rotatable bonds is 1. The zero-order chi connectivity index (χ0) is 14.3. The molecule has 0 aliphatic rings. The lowest BCUT2D eigenvalue weighted by atomic mass is 10.2. The Hall–Kier alpha value is -2.34. The third-order valence-electron chi connectivity index (χ3n) is 3.02. The fraction of sp³-hybridized carbons (Fsp3) is 0. The van der Waals surface area contributed by atoms with E-state index in [2.05, 4.69) is 20.9 Å². The molecule has 0 aliphatic carbocycles. The van der Waals surface area contributed by atoms with Crippen LogP contribution in [0.15, 0.2) is 56.5 Å². The molecule has 0 unspecified atom stereocenters. The highest BCUT2D eigenvalue weighted by Gasteiger charge is 2.11. The van der Waals surface area contributed by atoms with Gasteiger partial charge in [0.05, 0.1) is 16.6 Å². The zero-order valence-corrected chi connectivity index (χ0v) is 11.8. The lowest BCUT2D eigenvalue weighted by Gasteiger charge is -2.08. The van der Waals surface area contributed by atoms with E-state index in [1.807, 2.05) is 0 Å². The van der Waals surface area contributed by atoms with Crippen LogP contribution in [-0.2, 0) is 0 Å². The number of nitrogens with two attached hydrogens (primary N) is 1. The van der Waals surface area contributed by atoms with Crippen LogP contribution in [0.2, 0.25) is 0 Å². The summed E-state index contributed by atoms with van der Waals surface area (Å²) >= 11 is 3.32. The number of hydrogen-bond acceptors (Lipinski definition) is 3. The predicted octanol–water partition coefficient (Wildman–Crippen LogP) is 2.02. The van der Waals surface area contributed by atoms with Crippen molar-refractivity contribution in [3.05, 3.63) is 67.8 Å². The van der Waals surface area contributed by atoms with Gasteiger partial charge >= 0.3 is 5.69 Å². The summed E-state index contributed by atoms with van der Waals surface area (Å²) in [6.07, 6.45) is 0. The number of halogens is 1. The molecular formula is C14H10BrN3O2. The van der Waals surface area contributed by atoms with E-state index in [0.29, 0.717) is 26.8 Å². The van der Waals surface area contributed by atoms with Crippen LogP contribution >= 0.6 is 15.9 Å². The number of benzene rings is 2. The summed E-state index contributed by atoms with van der Waals surface area (Å²) in [5.41, 5.74) is 6.34. The van der Waals surface area contributed by atoms with Crippen LogP contribution < -0.4 is 17.0 Å². The number of nitrogens with zero attached hydrogens (tertiary/aromatic N) is 1. The maximum Gasteiger partial charge on any atom is 0.333 e. The highest BCUT2D eigenvalue weighted by Crippen LogP contribution is 2.21. The van der Waals surface area contributed by atoms with Gasteiger partial charge in [-0.3, -0.25) is 4.79 Å². The minimum absolute atomic E-state index is 0.366. The summed E-state index contributed by atoms with van der Waals surface area (Å²) in [6, 6.07) is 11.8. The smallest absolute Gasteiger partial charge is 0.333 e. The van der Waals surface area contributed by atoms with Gasteiger partial charge < -0.3 is 10.7 Å². The number of anilines is 1. The van der Waals surface area contributed by atoms with Crippen molar-refractivity contribution < 1.29 is 0 Å². The molecule has 3 aromatic rings. The van der Waals surface area contributed by atoms with E-state index in [1.54, 1.807) is 42.5 Å². The second-order valence-electron chi connectivity index (χ2n) is 4.33. The van der Waals surface area contributed by atoms with Crippen LogP contribution in [0.4, 0.5) is 5.69 Å². The van der Waals surface area contributed by atoms with Gasteiger partial charge in [-0.05, 0) is 46.3 Å². The van der Waals surface area contributed by atoms with E-state index in [0.717, 1.165) is 4.57 Å². The number of aromatic amines is 1. The Morgan fingerprint density at radius 1 is 1.10 bits per heavy atom. The molecule has 0 amide bonds. The Kier molecular flexibility index (Phi) is 2.94. The summed E-state index contributed by atoms with van der Waals surface area (Å²) in [4.78, 5) is 27.3. The van der Waals surface area contributed by atoms with Crippen LogP contribution in [0.25, 0.3) is 16.6 Å². The Morgan fingerprint density at radius 3 is 2.60 bits per heavy atom. The van der Waals surface area contributed by atoms with Gasteiger partial charge in [-0.1, -0.05) is 12.1 Å². The molecular weight excluding hydrogens is 322 g/mol. The summed E-state index contributed by atoms with van der Waals surface area (Å²) in [6.45, 7) is 0.